The average molecular weight is 208 g/mol. The summed E-state index contributed by atoms with van der Waals surface area (Å²) < 4.78 is 31.6. The predicted octanol–water partition coefficient (Wildman–Crippen LogP) is -0.654. The van der Waals surface area contributed by atoms with E-state index in [2.05, 4.69) is 6.58 Å². The average Bonchev–Trinajstić information content (AvgIpc) is 1.59. The summed E-state index contributed by atoms with van der Waals surface area (Å²) in [7, 11) is -4.67. The second-order valence-electron chi connectivity index (χ2n) is 1.53. The van der Waals surface area contributed by atoms with Crippen molar-refractivity contribution >= 4 is 45.9 Å². The number of aliphatic carboxylic acids is 1. The Kier molecular flexibility index (Phi) is 11.6. The van der Waals surface area contributed by atoms with Crippen molar-refractivity contribution in [2.75, 3.05) is 0 Å². The Morgan fingerprint density at radius 1 is 1.33 bits per heavy atom. The van der Waals surface area contributed by atoms with E-state index in [0.29, 0.717) is 0 Å². The van der Waals surface area contributed by atoms with E-state index in [1.807, 2.05) is 0 Å². The molecule has 0 unspecified atom stereocenters. The van der Waals surface area contributed by atoms with Crippen LogP contribution in [0.2, 0.25) is 0 Å². The maximum absolute atomic E-state index is 9.60. The molecule has 0 aromatic heterocycles. The molecule has 3 N–H and O–H groups in total. The molecule has 0 amide bonds. The summed E-state index contributed by atoms with van der Waals surface area (Å²) in [6.07, 6.45) is 0. The van der Waals surface area contributed by atoms with Gasteiger partial charge in [0, 0.05) is 5.57 Å². The van der Waals surface area contributed by atoms with E-state index in [-0.39, 0.29) is 35.1 Å². The van der Waals surface area contributed by atoms with Crippen LogP contribution in [-0.2, 0) is 15.2 Å². The maximum atomic E-state index is 9.60. The van der Waals surface area contributed by atoms with E-state index in [1.165, 1.54) is 6.92 Å². The molecule has 0 aliphatic rings. The second kappa shape index (κ2) is 7.71. The Hall–Kier alpha value is 0.0800. The third-order valence-corrected chi connectivity index (χ3v) is 0.365. The summed E-state index contributed by atoms with van der Waals surface area (Å²) in [5.74, 6) is -0.935. The molecule has 0 aliphatic heterocycles. The van der Waals surface area contributed by atoms with Gasteiger partial charge in [-0.2, -0.15) is 8.42 Å². The fourth-order valence-corrected chi connectivity index (χ4v) is 0. The van der Waals surface area contributed by atoms with E-state index >= 15 is 0 Å². The van der Waals surface area contributed by atoms with Crippen molar-refractivity contribution in [1.29, 1.82) is 0 Å². The van der Waals surface area contributed by atoms with Crippen molar-refractivity contribution in [2.24, 2.45) is 0 Å². The number of rotatable bonds is 1. The number of hydrogen-bond donors (Lipinski definition) is 3. The molecular formula is C4H9NaO6S. The first-order chi connectivity index (χ1) is 4.64. The number of carbonyl (C=O) groups is 1. The van der Waals surface area contributed by atoms with Gasteiger partial charge in [-0.15, -0.1) is 0 Å². The molecule has 0 spiro atoms. The third-order valence-electron chi connectivity index (χ3n) is 0.365. The molecule has 0 saturated carbocycles. The second-order valence-corrected chi connectivity index (χ2v) is 2.43. The van der Waals surface area contributed by atoms with Crippen molar-refractivity contribution in [2.45, 2.75) is 6.92 Å². The summed E-state index contributed by atoms with van der Waals surface area (Å²) >= 11 is 0. The Balaban J connectivity index is -0.000000126. The van der Waals surface area contributed by atoms with Crippen molar-refractivity contribution < 1.29 is 27.4 Å². The Bertz CT molecular complexity index is 222. The molecule has 0 aliphatic carbocycles. The van der Waals surface area contributed by atoms with Crippen LogP contribution in [0.5, 0.6) is 0 Å². The van der Waals surface area contributed by atoms with Crippen molar-refractivity contribution in [3.8, 4) is 0 Å². The first kappa shape index (κ1) is 18.0. The minimum absolute atomic E-state index is 0. The first-order valence-corrected chi connectivity index (χ1v) is 3.63. The van der Waals surface area contributed by atoms with Gasteiger partial charge in [-0.05, 0) is 6.92 Å². The van der Waals surface area contributed by atoms with Gasteiger partial charge in [-0.25, -0.2) is 4.79 Å². The van der Waals surface area contributed by atoms with Crippen molar-refractivity contribution in [3.63, 3.8) is 0 Å². The van der Waals surface area contributed by atoms with Gasteiger partial charge in [0.1, 0.15) is 0 Å². The monoisotopic (exact) mass is 208 g/mol. The van der Waals surface area contributed by atoms with Crippen LogP contribution in [0.4, 0.5) is 0 Å². The summed E-state index contributed by atoms with van der Waals surface area (Å²) in [6, 6.07) is 0. The first-order valence-electron chi connectivity index (χ1n) is 2.23. The third kappa shape index (κ3) is 49.9. The summed E-state index contributed by atoms with van der Waals surface area (Å²) in [6.45, 7) is 4.60. The molecule has 0 aromatic carbocycles. The van der Waals surface area contributed by atoms with Crippen LogP contribution in [0.1, 0.15) is 6.92 Å². The molecule has 0 bridgehead atoms. The molecule has 0 fully saturated rings. The summed E-state index contributed by atoms with van der Waals surface area (Å²) in [5, 5.41) is 7.89. The van der Waals surface area contributed by atoms with Crippen LogP contribution in [0.25, 0.3) is 0 Å². The van der Waals surface area contributed by atoms with Crippen molar-refractivity contribution in [1.82, 2.24) is 0 Å². The van der Waals surface area contributed by atoms with Crippen molar-refractivity contribution in [3.05, 3.63) is 12.2 Å². The van der Waals surface area contributed by atoms with Gasteiger partial charge in [0.05, 0.1) is 0 Å². The molecule has 8 heteroatoms. The van der Waals surface area contributed by atoms with E-state index < -0.39 is 16.4 Å². The summed E-state index contributed by atoms with van der Waals surface area (Å²) in [5.41, 5.74) is 0.176. The van der Waals surface area contributed by atoms with E-state index in [4.69, 9.17) is 22.6 Å². The fraction of sp³-hybridized carbons (Fsp3) is 0.250. The molecular weight excluding hydrogens is 199 g/mol. The van der Waals surface area contributed by atoms with Crippen LogP contribution >= 0.6 is 0 Å². The molecule has 0 saturated heterocycles. The van der Waals surface area contributed by atoms with Crippen LogP contribution in [0, 0.1) is 0 Å². The van der Waals surface area contributed by atoms with Gasteiger partial charge in [0.25, 0.3) is 0 Å². The van der Waals surface area contributed by atoms with Crippen LogP contribution in [0.3, 0.4) is 0 Å². The normalized spacial score (nSPS) is 8.58. The molecule has 6 nitrogen and oxygen atoms in total. The molecule has 0 radical (unpaired) electrons. The standard InChI is InChI=1S/C4H6O2.Na.H2O4S.H/c1-3(2)4(5)6;;1-5(2,3)4;/h1H2,2H3,(H,5,6);;(H2,1,2,3,4);. The van der Waals surface area contributed by atoms with Gasteiger partial charge in [0.2, 0.25) is 0 Å². The molecule has 0 heterocycles. The van der Waals surface area contributed by atoms with Gasteiger partial charge in [0.15, 0.2) is 0 Å². The molecule has 0 rings (SSSR count). The molecule has 0 aromatic rings. The van der Waals surface area contributed by atoms with Crippen LogP contribution in [-0.4, -0.2) is 58.2 Å². The number of hydrogen-bond acceptors (Lipinski definition) is 3. The van der Waals surface area contributed by atoms with E-state index in [1.54, 1.807) is 0 Å². The Labute approximate surface area is 92.2 Å². The van der Waals surface area contributed by atoms with Gasteiger partial charge in [-0.3, -0.25) is 9.11 Å². The van der Waals surface area contributed by atoms with E-state index in [9.17, 15) is 4.79 Å². The number of carboxylic acids is 1. The quantitative estimate of drug-likeness (QED) is 0.300. The van der Waals surface area contributed by atoms with Gasteiger partial charge in [-0.1, -0.05) is 6.58 Å². The zero-order valence-corrected chi connectivity index (χ0v) is 6.50. The summed E-state index contributed by atoms with van der Waals surface area (Å²) in [4.78, 5) is 9.60. The molecule has 12 heavy (non-hydrogen) atoms. The molecule has 0 atom stereocenters. The number of carboxylic acid groups (broad SMARTS) is 1. The van der Waals surface area contributed by atoms with Gasteiger partial charge >= 0.3 is 45.9 Å². The SMILES string of the molecule is C=C(C)C(=O)O.O=S(=O)(O)O.[NaH]. The van der Waals surface area contributed by atoms with Gasteiger partial charge < -0.3 is 5.11 Å². The topological polar surface area (TPSA) is 112 Å². The molecule has 68 valence electrons. The van der Waals surface area contributed by atoms with Crippen LogP contribution in [0.15, 0.2) is 12.2 Å². The zero-order valence-electron chi connectivity index (χ0n) is 5.68. The minimum atomic E-state index is -4.67. The Morgan fingerprint density at radius 2 is 1.42 bits per heavy atom. The Morgan fingerprint density at radius 3 is 1.42 bits per heavy atom. The van der Waals surface area contributed by atoms with E-state index in [0.717, 1.165) is 0 Å². The predicted molar refractivity (Wildman–Crippen MR) is 43.8 cm³/mol. The fourth-order valence-electron chi connectivity index (χ4n) is 0. The van der Waals surface area contributed by atoms with Crippen LogP contribution < -0.4 is 0 Å². The zero-order chi connectivity index (χ0) is 9.65.